The van der Waals surface area contributed by atoms with Crippen molar-refractivity contribution in [2.75, 3.05) is 31.5 Å². The molecule has 7 nitrogen and oxygen atoms in total. The predicted molar refractivity (Wildman–Crippen MR) is 97.5 cm³/mol. The fourth-order valence-electron chi connectivity index (χ4n) is 3.17. The van der Waals surface area contributed by atoms with Crippen molar-refractivity contribution in [2.24, 2.45) is 0 Å². The molecule has 2 aromatic rings. The molecule has 0 bridgehead atoms. The van der Waals surface area contributed by atoms with Crippen LogP contribution < -0.4 is 16.0 Å². The van der Waals surface area contributed by atoms with Crippen molar-refractivity contribution in [3.05, 3.63) is 41.9 Å². The predicted octanol–water partition coefficient (Wildman–Crippen LogP) is 1.28. The fraction of sp³-hybridized carbons (Fsp3) is 0.500. The molecule has 1 atom stereocenters. The van der Waals surface area contributed by atoms with Crippen molar-refractivity contribution < 1.29 is 4.79 Å². The van der Waals surface area contributed by atoms with Gasteiger partial charge in [-0.2, -0.15) is 5.10 Å². The molecule has 7 heteroatoms. The maximum atomic E-state index is 12.2. The van der Waals surface area contributed by atoms with Crippen molar-refractivity contribution in [3.8, 4) is 0 Å². The summed E-state index contributed by atoms with van der Waals surface area (Å²) in [4.78, 5) is 16.5. The highest BCUT2D eigenvalue weighted by Crippen LogP contribution is 2.22. The Bertz CT molecular complexity index is 692. The standard InChI is InChI=1S/C18H26N6O/c1-14-4-2-8-21-18(14)22-11-10-20-17(25)13-24-16(6-9-23-24)15-5-3-7-19-12-15/h2,4,6,8-9,15,19H,3,5,7,10-13H2,1H3,(H,20,25)(H,21,22)/t15-/m0/s1. The molecule has 0 aliphatic carbocycles. The minimum Gasteiger partial charge on any atom is -0.368 e. The number of carbonyl (C=O) groups excluding carboxylic acids is 1. The quantitative estimate of drug-likeness (QED) is 0.660. The Morgan fingerprint density at radius 3 is 3.08 bits per heavy atom. The van der Waals surface area contributed by atoms with E-state index in [0.29, 0.717) is 19.0 Å². The Kier molecular flexibility index (Phi) is 6.00. The van der Waals surface area contributed by atoms with Crippen molar-refractivity contribution in [1.29, 1.82) is 0 Å². The highest BCUT2D eigenvalue weighted by atomic mass is 16.2. The largest absolute Gasteiger partial charge is 0.368 e. The van der Waals surface area contributed by atoms with Gasteiger partial charge in [-0.3, -0.25) is 9.48 Å². The van der Waals surface area contributed by atoms with Gasteiger partial charge < -0.3 is 16.0 Å². The first-order valence-corrected chi connectivity index (χ1v) is 8.88. The summed E-state index contributed by atoms with van der Waals surface area (Å²) in [5, 5.41) is 13.9. The number of hydrogen-bond donors (Lipinski definition) is 3. The van der Waals surface area contributed by atoms with E-state index in [2.05, 4.69) is 26.0 Å². The zero-order valence-electron chi connectivity index (χ0n) is 14.7. The summed E-state index contributed by atoms with van der Waals surface area (Å²) in [5.74, 6) is 1.28. The molecule has 1 saturated heterocycles. The summed E-state index contributed by atoms with van der Waals surface area (Å²) in [6.45, 7) is 5.50. The van der Waals surface area contributed by atoms with E-state index in [1.165, 1.54) is 6.42 Å². The molecule has 134 valence electrons. The summed E-state index contributed by atoms with van der Waals surface area (Å²) in [6, 6.07) is 5.94. The molecule has 2 aromatic heterocycles. The lowest BCUT2D eigenvalue weighted by atomic mass is 9.96. The number of aromatic nitrogens is 3. The minimum absolute atomic E-state index is 0.0201. The number of nitrogens with one attached hydrogen (secondary N) is 3. The monoisotopic (exact) mass is 342 g/mol. The van der Waals surface area contributed by atoms with E-state index in [1.54, 1.807) is 12.4 Å². The number of piperidine rings is 1. The van der Waals surface area contributed by atoms with Crippen LogP contribution in [0.15, 0.2) is 30.6 Å². The Labute approximate surface area is 148 Å². The molecule has 25 heavy (non-hydrogen) atoms. The van der Waals surface area contributed by atoms with E-state index in [9.17, 15) is 4.79 Å². The molecule has 1 fully saturated rings. The molecule has 3 N–H and O–H groups in total. The smallest absolute Gasteiger partial charge is 0.241 e. The van der Waals surface area contributed by atoms with Gasteiger partial charge in [0.1, 0.15) is 12.4 Å². The minimum atomic E-state index is -0.0201. The number of carbonyl (C=O) groups is 1. The van der Waals surface area contributed by atoms with Gasteiger partial charge in [-0.15, -0.1) is 0 Å². The van der Waals surface area contributed by atoms with Crippen molar-refractivity contribution >= 4 is 11.7 Å². The maximum Gasteiger partial charge on any atom is 0.241 e. The third kappa shape index (κ3) is 4.79. The molecule has 0 saturated carbocycles. The molecular formula is C18H26N6O. The van der Waals surface area contributed by atoms with Crippen LogP contribution in [0.25, 0.3) is 0 Å². The van der Waals surface area contributed by atoms with Crippen LogP contribution in [0.5, 0.6) is 0 Å². The van der Waals surface area contributed by atoms with E-state index in [1.807, 2.05) is 29.8 Å². The van der Waals surface area contributed by atoms with Crippen molar-refractivity contribution in [2.45, 2.75) is 32.2 Å². The number of hydrogen-bond acceptors (Lipinski definition) is 5. The zero-order valence-corrected chi connectivity index (χ0v) is 14.7. The molecule has 1 amide bonds. The molecule has 0 aromatic carbocycles. The van der Waals surface area contributed by atoms with Crippen LogP contribution in [0.4, 0.5) is 5.82 Å². The van der Waals surface area contributed by atoms with E-state index in [4.69, 9.17) is 0 Å². The summed E-state index contributed by atoms with van der Waals surface area (Å²) in [5.41, 5.74) is 2.24. The molecule has 0 spiro atoms. The summed E-state index contributed by atoms with van der Waals surface area (Å²) in [6.07, 6.45) is 5.85. The zero-order chi connectivity index (χ0) is 17.5. The first-order chi connectivity index (χ1) is 12.2. The number of anilines is 1. The second kappa shape index (κ2) is 8.62. The SMILES string of the molecule is Cc1cccnc1NCCNC(=O)Cn1nccc1[C@H]1CCCNC1. The fourth-order valence-corrected chi connectivity index (χ4v) is 3.17. The lowest BCUT2D eigenvalue weighted by molar-refractivity contribution is -0.121. The Balaban J connectivity index is 1.44. The summed E-state index contributed by atoms with van der Waals surface area (Å²) in [7, 11) is 0. The van der Waals surface area contributed by atoms with Crippen LogP contribution in [0.2, 0.25) is 0 Å². The van der Waals surface area contributed by atoms with Crippen molar-refractivity contribution in [1.82, 2.24) is 25.4 Å². The maximum absolute atomic E-state index is 12.2. The molecule has 1 aliphatic heterocycles. The van der Waals surface area contributed by atoms with E-state index in [-0.39, 0.29) is 12.5 Å². The lowest BCUT2D eigenvalue weighted by Crippen LogP contribution is -2.34. The highest BCUT2D eigenvalue weighted by molar-refractivity contribution is 5.75. The molecule has 1 aliphatic rings. The van der Waals surface area contributed by atoms with Gasteiger partial charge in [0.25, 0.3) is 0 Å². The Hall–Kier alpha value is -2.41. The van der Waals surface area contributed by atoms with E-state index in [0.717, 1.165) is 36.6 Å². The second-order valence-electron chi connectivity index (χ2n) is 6.40. The highest BCUT2D eigenvalue weighted by Gasteiger charge is 2.19. The third-order valence-corrected chi connectivity index (χ3v) is 4.51. The number of amides is 1. The topological polar surface area (TPSA) is 83.9 Å². The van der Waals surface area contributed by atoms with Gasteiger partial charge in [0.15, 0.2) is 0 Å². The molecule has 0 radical (unpaired) electrons. The van der Waals surface area contributed by atoms with Crippen LogP contribution >= 0.6 is 0 Å². The van der Waals surface area contributed by atoms with Crippen LogP contribution in [0.1, 0.15) is 30.0 Å². The first kappa shape index (κ1) is 17.4. The molecule has 0 unspecified atom stereocenters. The number of pyridine rings is 1. The van der Waals surface area contributed by atoms with E-state index < -0.39 is 0 Å². The van der Waals surface area contributed by atoms with Gasteiger partial charge in [0.05, 0.1) is 0 Å². The van der Waals surface area contributed by atoms with Crippen LogP contribution in [-0.4, -0.2) is 46.9 Å². The second-order valence-corrected chi connectivity index (χ2v) is 6.40. The average Bonchev–Trinajstić information content (AvgIpc) is 3.09. The number of nitrogens with zero attached hydrogens (tertiary/aromatic N) is 3. The average molecular weight is 342 g/mol. The summed E-state index contributed by atoms with van der Waals surface area (Å²) >= 11 is 0. The summed E-state index contributed by atoms with van der Waals surface area (Å²) < 4.78 is 1.82. The molecular weight excluding hydrogens is 316 g/mol. The first-order valence-electron chi connectivity index (χ1n) is 8.88. The third-order valence-electron chi connectivity index (χ3n) is 4.51. The van der Waals surface area contributed by atoms with Crippen LogP contribution in [-0.2, 0) is 11.3 Å². The van der Waals surface area contributed by atoms with Gasteiger partial charge in [0, 0.05) is 43.6 Å². The van der Waals surface area contributed by atoms with Crippen LogP contribution in [0, 0.1) is 6.92 Å². The normalized spacial score (nSPS) is 17.2. The van der Waals surface area contributed by atoms with Gasteiger partial charge in [-0.05, 0) is 44.0 Å². The molecule has 3 rings (SSSR count). The lowest BCUT2D eigenvalue weighted by Gasteiger charge is -2.23. The van der Waals surface area contributed by atoms with Gasteiger partial charge in [-0.25, -0.2) is 4.98 Å². The Morgan fingerprint density at radius 1 is 1.36 bits per heavy atom. The van der Waals surface area contributed by atoms with Gasteiger partial charge in [0.2, 0.25) is 5.91 Å². The molecule has 3 heterocycles. The van der Waals surface area contributed by atoms with Crippen molar-refractivity contribution in [3.63, 3.8) is 0 Å². The van der Waals surface area contributed by atoms with Gasteiger partial charge in [-0.1, -0.05) is 6.07 Å². The van der Waals surface area contributed by atoms with Crippen LogP contribution in [0.3, 0.4) is 0 Å². The number of rotatable bonds is 7. The Morgan fingerprint density at radius 2 is 2.28 bits per heavy atom. The van der Waals surface area contributed by atoms with Gasteiger partial charge >= 0.3 is 0 Å². The number of aryl methyl sites for hydroxylation is 1. The van der Waals surface area contributed by atoms with E-state index >= 15 is 0 Å².